The summed E-state index contributed by atoms with van der Waals surface area (Å²) in [7, 11) is 0. The summed E-state index contributed by atoms with van der Waals surface area (Å²) in [5.41, 5.74) is 0.399. The van der Waals surface area contributed by atoms with Gasteiger partial charge in [0.05, 0.1) is 0 Å². The van der Waals surface area contributed by atoms with Crippen LogP contribution in [0.3, 0.4) is 0 Å². The maximum Gasteiger partial charge on any atom is 0.138 e. The number of rotatable bonds is 7. The first-order chi connectivity index (χ1) is 9.65. The molecule has 20 heavy (non-hydrogen) atoms. The van der Waals surface area contributed by atoms with Crippen molar-refractivity contribution < 1.29 is 0 Å². The molecule has 1 heterocycles. The largest absolute Gasteiger partial charge is 0.316 e. The maximum atomic E-state index is 4.54. The van der Waals surface area contributed by atoms with Gasteiger partial charge >= 0.3 is 0 Å². The molecule has 0 radical (unpaired) electrons. The van der Waals surface area contributed by atoms with Gasteiger partial charge in [-0.1, -0.05) is 40.0 Å². The van der Waals surface area contributed by atoms with E-state index in [0.717, 1.165) is 26.1 Å². The molecule has 4 nitrogen and oxygen atoms in total. The molecule has 1 aliphatic carbocycles. The first kappa shape index (κ1) is 15.5. The predicted molar refractivity (Wildman–Crippen MR) is 82.6 cm³/mol. The SMILES string of the molecule is CCNCC1(Cc2ncnn2CC(C)C)CCCCC1. The van der Waals surface area contributed by atoms with Crippen molar-refractivity contribution in [2.24, 2.45) is 11.3 Å². The maximum absolute atomic E-state index is 4.54. The van der Waals surface area contributed by atoms with Crippen LogP contribution in [0, 0.1) is 11.3 Å². The minimum absolute atomic E-state index is 0.399. The lowest BCUT2D eigenvalue weighted by Gasteiger charge is -2.37. The highest BCUT2D eigenvalue weighted by Crippen LogP contribution is 2.38. The molecular formula is C16H30N4. The monoisotopic (exact) mass is 278 g/mol. The average molecular weight is 278 g/mol. The van der Waals surface area contributed by atoms with Crippen molar-refractivity contribution in [3.63, 3.8) is 0 Å². The van der Waals surface area contributed by atoms with Crippen molar-refractivity contribution in [2.45, 2.75) is 65.8 Å². The highest BCUT2D eigenvalue weighted by Gasteiger charge is 2.33. The van der Waals surface area contributed by atoms with E-state index in [4.69, 9.17) is 0 Å². The highest BCUT2D eigenvalue weighted by molar-refractivity contribution is 4.97. The van der Waals surface area contributed by atoms with Gasteiger partial charge in [-0.3, -0.25) is 0 Å². The molecule has 1 saturated carbocycles. The van der Waals surface area contributed by atoms with Gasteiger partial charge in [-0.05, 0) is 30.7 Å². The minimum atomic E-state index is 0.399. The zero-order chi connectivity index (χ0) is 14.4. The van der Waals surface area contributed by atoms with Crippen LogP contribution in [0.25, 0.3) is 0 Å². The van der Waals surface area contributed by atoms with Gasteiger partial charge in [-0.2, -0.15) is 5.10 Å². The van der Waals surface area contributed by atoms with E-state index in [2.05, 4.69) is 40.9 Å². The van der Waals surface area contributed by atoms with E-state index < -0.39 is 0 Å². The Morgan fingerprint density at radius 1 is 1.30 bits per heavy atom. The zero-order valence-electron chi connectivity index (χ0n) is 13.4. The Bertz CT molecular complexity index is 391. The van der Waals surface area contributed by atoms with Gasteiger partial charge in [-0.25, -0.2) is 9.67 Å². The first-order valence-corrected chi connectivity index (χ1v) is 8.22. The Morgan fingerprint density at radius 3 is 2.70 bits per heavy atom. The third-order valence-electron chi connectivity index (χ3n) is 4.43. The second kappa shape index (κ2) is 7.21. The molecule has 1 aromatic heterocycles. The van der Waals surface area contributed by atoms with Gasteiger partial charge in [0.25, 0.3) is 0 Å². The molecule has 0 saturated heterocycles. The van der Waals surface area contributed by atoms with Crippen LogP contribution in [-0.4, -0.2) is 27.9 Å². The Kier molecular flexibility index (Phi) is 5.58. The second-order valence-corrected chi connectivity index (χ2v) is 6.77. The fourth-order valence-corrected chi connectivity index (χ4v) is 3.37. The summed E-state index contributed by atoms with van der Waals surface area (Å²) >= 11 is 0. The normalized spacial score (nSPS) is 18.6. The molecule has 0 unspecified atom stereocenters. The summed E-state index contributed by atoms with van der Waals surface area (Å²) in [5.74, 6) is 1.80. The Hall–Kier alpha value is -0.900. The summed E-state index contributed by atoms with van der Waals surface area (Å²) < 4.78 is 2.12. The minimum Gasteiger partial charge on any atom is -0.316 e. The van der Waals surface area contributed by atoms with Gasteiger partial charge in [0.1, 0.15) is 12.2 Å². The average Bonchev–Trinajstić information content (AvgIpc) is 2.84. The molecular weight excluding hydrogens is 248 g/mol. The van der Waals surface area contributed by atoms with Crippen LogP contribution in [-0.2, 0) is 13.0 Å². The lowest BCUT2D eigenvalue weighted by atomic mass is 9.71. The van der Waals surface area contributed by atoms with Crippen LogP contribution in [0.4, 0.5) is 0 Å². The number of hydrogen-bond donors (Lipinski definition) is 1. The number of nitrogens with one attached hydrogen (secondary N) is 1. The van der Waals surface area contributed by atoms with Crippen LogP contribution < -0.4 is 5.32 Å². The molecule has 1 N–H and O–H groups in total. The van der Waals surface area contributed by atoms with Gasteiger partial charge in [-0.15, -0.1) is 0 Å². The predicted octanol–water partition coefficient (Wildman–Crippen LogP) is 3.04. The van der Waals surface area contributed by atoms with Crippen molar-refractivity contribution in [1.29, 1.82) is 0 Å². The van der Waals surface area contributed by atoms with Crippen LogP contribution in [0.2, 0.25) is 0 Å². The molecule has 0 amide bonds. The molecule has 0 aromatic carbocycles. The fourth-order valence-electron chi connectivity index (χ4n) is 3.37. The third kappa shape index (κ3) is 4.05. The van der Waals surface area contributed by atoms with Gasteiger partial charge in [0.15, 0.2) is 0 Å². The smallest absolute Gasteiger partial charge is 0.138 e. The number of nitrogens with zero attached hydrogens (tertiary/aromatic N) is 3. The molecule has 0 aliphatic heterocycles. The van der Waals surface area contributed by atoms with Crippen LogP contribution in [0.15, 0.2) is 6.33 Å². The lowest BCUT2D eigenvalue weighted by molar-refractivity contribution is 0.175. The summed E-state index contributed by atoms with van der Waals surface area (Å²) in [4.78, 5) is 4.54. The standard InChI is InChI=1S/C16H30N4/c1-4-17-12-16(8-6-5-7-9-16)10-15-18-13-19-20(15)11-14(2)3/h13-14,17H,4-12H2,1-3H3. The van der Waals surface area contributed by atoms with E-state index in [0.29, 0.717) is 11.3 Å². The van der Waals surface area contributed by atoms with Crippen LogP contribution in [0.5, 0.6) is 0 Å². The Labute approximate surface area is 123 Å². The van der Waals surface area contributed by atoms with E-state index in [1.54, 1.807) is 6.33 Å². The number of hydrogen-bond acceptors (Lipinski definition) is 3. The lowest BCUT2D eigenvalue weighted by Crippen LogP contribution is -2.38. The molecule has 1 aromatic rings. The molecule has 2 rings (SSSR count). The van der Waals surface area contributed by atoms with E-state index in [9.17, 15) is 0 Å². The number of aromatic nitrogens is 3. The van der Waals surface area contributed by atoms with Crippen LogP contribution >= 0.6 is 0 Å². The van der Waals surface area contributed by atoms with Gasteiger partial charge in [0.2, 0.25) is 0 Å². The molecule has 114 valence electrons. The molecule has 0 bridgehead atoms. The van der Waals surface area contributed by atoms with E-state index in [1.807, 2.05) is 0 Å². The second-order valence-electron chi connectivity index (χ2n) is 6.77. The Balaban J connectivity index is 2.08. The van der Waals surface area contributed by atoms with Gasteiger partial charge in [0, 0.05) is 19.5 Å². The van der Waals surface area contributed by atoms with Crippen molar-refractivity contribution >= 4 is 0 Å². The summed E-state index contributed by atoms with van der Waals surface area (Å²) in [5, 5.41) is 7.99. The van der Waals surface area contributed by atoms with Crippen molar-refractivity contribution in [2.75, 3.05) is 13.1 Å². The topological polar surface area (TPSA) is 42.7 Å². The van der Waals surface area contributed by atoms with Crippen LogP contribution in [0.1, 0.15) is 58.7 Å². The summed E-state index contributed by atoms with van der Waals surface area (Å²) in [6.07, 6.45) is 9.58. The summed E-state index contributed by atoms with van der Waals surface area (Å²) in [6.45, 7) is 9.82. The van der Waals surface area contributed by atoms with Crippen molar-refractivity contribution in [3.8, 4) is 0 Å². The van der Waals surface area contributed by atoms with Gasteiger partial charge < -0.3 is 5.32 Å². The molecule has 4 heteroatoms. The third-order valence-corrected chi connectivity index (χ3v) is 4.43. The Morgan fingerprint density at radius 2 is 2.05 bits per heavy atom. The molecule has 1 fully saturated rings. The molecule has 0 atom stereocenters. The van der Waals surface area contributed by atoms with E-state index in [1.165, 1.54) is 37.9 Å². The molecule has 1 aliphatic rings. The van der Waals surface area contributed by atoms with E-state index >= 15 is 0 Å². The van der Waals surface area contributed by atoms with Crippen molar-refractivity contribution in [3.05, 3.63) is 12.2 Å². The van der Waals surface area contributed by atoms with E-state index in [-0.39, 0.29) is 0 Å². The quantitative estimate of drug-likeness (QED) is 0.833. The van der Waals surface area contributed by atoms with Crippen molar-refractivity contribution in [1.82, 2.24) is 20.1 Å². The fraction of sp³-hybridized carbons (Fsp3) is 0.875. The summed E-state index contributed by atoms with van der Waals surface area (Å²) in [6, 6.07) is 0. The molecule has 0 spiro atoms. The zero-order valence-corrected chi connectivity index (χ0v) is 13.4. The first-order valence-electron chi connectivity index (χ1n) is 8.22. The highest BCUT2D eigenvalue weighted by atomic mass is 15.3.